The van der Waals surface area contributed by atoms with Gasteiger partial charge in [-0.1, -0.05) is 11.6 Å². The number of carboxylic acid groups (broad SMARTS) is 1. The highest BCUT2D eigenvalue weighted by Gasteiger charge is 2.18. The Morgan fingerprint density at radius 2 is 2.00 bits per heavy atom. The van der Waals surface area contributed by atoms with Gasteiger partial charge in [0.25, 0.3) is 0 Å². The number of nitrogens with two attached hydrogens (primary N) is 1. The molecule has 1 aromatic carbocycles. The number of halogens is 1. The molecule has 5 nitrogen and oxygen atoms in total. The maximum Gasteiger partial charge on any atom is 0.335 e. The fraction of sp³-hybridized carbons (Fsp3) is 0.125. The number of carbonyl (C=O) groups is 1. The summed E-state index contributed by atoms with van der Waals surface area (Å²) in [6.45, 7) is 1.52. The second-order valence-electron chi connectivity index (χ2n) is 2.95. The first-order chi connectivity index (χ1) is 6.73. The summed E-state index contributed by atoms with van der Waals surface area (Å²) < 4.78 is 22.1. The molecule has 0 aliphatic heterocycles. The molecule has 0 saturated heterocycles. The Kier molecular flexibility index (Phi) is 3.03. The Bertz CT molecular complexity index is 524. The summed E-state index contributed by atoms with van der Waals surface area (Å²) in [5.74, 6) is -1.23. The van der Waals surface area contributed by atoms with Gasteiger partial charge in [-0.2, -0.15) is 0 Å². The molecule has 1 rings (SSSR count). The highest BCUT2D eigenvalue weighted by atomic mass is 35.5. The Morgan fingerprint density at radius 3 is 2.40 bits per heavy atom. The van der Waals surface area contributed by atoms with Crippen molar-refractivity contribution in [3.05, 3.63) is 28.3 Å². The third-order valence-electron chi connectivity index (χ3n) is 1.82. The van der Waals surface area contributed by atoms with E-state index < -0.39 is 16.0 Å². The minimum Gasteiger partial charge on any atom is -0.478 e. The van der Waals surface area contributed by atoms with Crippen molar-refractivity contribution in [1.82, 2.24) is 0 Å². The first-order valence-corrected chi connectivity index (χ1v) is 5.72. The molecule has 0 aromatic heterocycles. The number of benzene rings is 1. The second kappa shape index (κ2) is 3.80. The van der Waals surface area contributed by atoms with Crippen LogP contribution in [0.4, 0.5) is 0 Å². The molecule has 82 valence electrons. The summed E-state index contributed by atoms with van der Waals surface area (Å²) >= 11 is 5.64. The van der Waals surface area contributed by atoms with Gasteiger partial charge in [-0.3, -0.25) is 0 Å². The molecule has 15 heavy (non-hydrogen) atoms. The van der Waals surface area contributed by atoms with Gasteiger partial charge in [-0.05, 0) is 24.6 Å². The monoisotopic (exact) mass is 249 g/mol. The molecule has 3 N–H and O–H groups in total. The molecule has 0 bridgehead atoms. The first-order valence-electron chi connectivity index (χ1n) is 3.79. The zero-order valence-corrected chi connectivity index (χ0v) is 9.26. The van der Waals surface area contributed by atoms with Crippen molar-refractivity contribution < 1.29 is 18.3 Å². The lowest BCUT2D eigenvalue weighted by Crippen LogP contribution is -2.14. The summed E-state index contributed by atoms with van der Waals surface area (Å²) in [5.41, 5.74) is 0.239. The van der Waals surface area contributed by atoms with Gasteiger partial charge in [0.15, 0.2) is 0 Å². The molecular formula is C8H8ClNO4S. The van der Waals surface area contributed by atoms with E-state index in [1.807, 2.05) is 0 Å². The highest BCUT2D eigenvalue weighted by Crippen LogP contribution is 2.24. The van der Waals surface area contributed by atoms with Crippen molar-refractivity contribution in [3.63, 3.8) is 0 Å². The lowest BCUT2D eigenvalue weighted by molar-refractivity contribution is 0.0696. The minimum atomic E-state index is -4.00. The number of hydrogen-bond acceptors (Lipinski definition) is 3. The van der Waals surface area contributed by atoms with Crippen LogP contribution in [0.15, 0.2) is 17.0 Å². The van der Waals surface area contributed by atoms with Crippen molar-refractivity contribution >= 4 is 27.6 Å². The fourth-order valence-electron chi connectivity index (χ4n) is 1.10. The van der Waals surface area contributed by atoms with Gasteiger partial charge in [-0.15, -0.1) is 0 Å². The van der Waals surface area contributed by atoms with Crippen LogP contribution in [0.25, 0.3) is 0 Å². The predicted octanol–water partition coefficient (Wildman–Crippen LogP) is 0.994. The third-order valence-corrected chi connectivity index (χ3v) is 3.19. The summed E-state index contributed by atoms with van der Waals surface area (Å²) in [4.78, 5) is 10.4. The molecule has 0 fully saturated rings. The Hall–Kier alpha value is -1.11. The van der Waals surface area contributed by atoms with Gasteiger partial charge in [0.2, 0.25) is 10.0 Å². The molecule has 0 spiro atoms. The molecule has 0 radical (unpaired) electrons. The van der Waals surface area contributed by atoms with E-state index in [4.69, 9.17) is 21.8 Å². The summed E-state index contributed by atoms with van der Waals surface area (Å²) in [7, 11) is -4.00. The topological polar surface area (TPSA) is 97.5 Å². The van der Waals surface area contributed by atoms with Crippen LogP contribution >= 0.6 is 11.6 Å². The molecule has 0 aliphatic carbocycles. The zero-order chi connectivity index (χ0) is 11.8. The molecule has 0 aliphatic rings. The van der Waals surface area contributed by atoms with E-state index in [0.717, 1.165) is 6.07 Å². The number of carboxylic acids is 1. The average molecular weight is 250 g/mol. The van der Waals surface area contributed by atoms with Crippen LogP contribution in [0.2, 0.25) is 5.02 Å². The van der Waals surface area contributed by atoms with Crippen LogP contribution in [0, 0.1) is 6.92 Å². The molecule has 0 unspecified atom stereocenters. The van der Waals surface area contributed by atoms with Gasteiger partial charge in [0.05, 0.1) is 10.6 Å². The van der Waals surface area contributed by atoms with E-state index in [2.05, 4.69) is 0 Å². The van der Waals surface area contributed by atoms with Gasteiger partial charge < -0.3 is 5.11 Å². The first kappa shape index (κ1) is 12.0. The number of primary sulfonamides is 1. The van der Waals surface area contributed by atoms with E-state index in [1.165, 1.54) is 13.0 Å². The van der Waals surface area contributed by atoms with Crippen LogP contribution in [0.5, 0.6) is 0 Å². The molecule has 0 atom stereocenters. The van der Waals surface area contributed by atoms with Crippen LogP contribution < -0.4 is 5.14 Å². The van der Waals surface area contributed by atoms with Crippen molar-refractivity contribution in [3.8, 4) is 0 Å². The zero-order valence-electron chi connectivity index (χ0n) is 7.69. The van der Waals surface area contributed by atoms with Crippen molar-refractivity contribution in [1.29, 1.82) is 0 Å². The maximum absolute atomic E-state index is 11.0. The molecular weight excluding hydrogens is 242 g/mol. The number of sulfonamides is 1. The van der Waals surface area contributed by atoms with E-state index in [9.17, 15) is 13.2 Å². The largest absolute Gasteiger partial charge is 0.478 e. The summed E-state index contributed by atoms with van der Waals surface area (Å²) in [6.07, 6.45) is 0. The number of hydrogen-bond donors (Lipinski definition) is 2. The van der Waals surface area contributed by atoms with E-state index in [0.29, 0.717) is 5.56 Å². The third kappa shape index (κ3) is 2.47. The standard InChI is InChI=1S/C8H8ClNO4S/c1-4-2-6(9)7(15(10,13)14)3-5(4)8(11)12/h2-3H,1H3,(H,11,12)(H2,10,13,14). The molecule has 1 aromatic rings. The quantitative estimate of drug-likeness (QED) is 0.817. The average Bonchev–Trinajstić information content (AvgIpc) is 2.00. The fourth-order valence-corrected chi connectivity index (χ4v) is 2.25. The Labute approximate surface area is 91.5 Å². The van der Waals surface area contributed by atoms with E-state index in [1.54, 1.807) is 0 Å². The highest BCUT2D eigenvalue weighted by molar-refractivity contribution is 7.89. The molecule has 0 heterocycles. The maximum atomic E-state index is 11.0. The summed E-state index contributed by atoms with van der Waals surface area (Å²) in [6, 6.07) is 2.21. The van der Waals surface area contributed by atoms with Crippen LogP contribution in [0.3, 0.4) is 0 Å². The molecule has 7 heteroatoms. The van der Waals surface area contributed by atoms with Crippen LogP contribution in [-0.4, -0.2) is 19.5 Å². The lowest BCUT2D eigenvalue weighted by Gasteiger charge is -2.06. The van der Waals surface area contributed by atoms with Crippen molar-refractivity contribution in [2.24, 2.45) is 5.14 Å². The Morgan fingerprint density at radius 1 is 1.47 bits per heavy atom. The smallest absolute Gasteiger partial charge is 0.335 e. The number of rotatable bonds is 2. The van der Waals surface area contributed by atoms with Crippen LogP contribution in [-0.2, 0) is 10.0 Å². The Balaban J connectivity index is 3.58. The molecule has 0 saturated carbocycles. The predicted molar refractivity (Wildman–Crippen MR) is 54.5 cm³/mol. The van der Waals surface area contributed by atoms with Crippen molar-refractivity contribution in [2.75, 3.05) is 0 Å². The van der Waals surface area contributed by atoms with Crippen LogP contribution in [0.1, 0.15) is 15.9 Å². The lowest BCUT2D eigenvalue weighted by atomic mass is 10.1. The minimum absolute atomic E-state index is 0.0833. The van der Waals surface area contributed by atoms with Gasteiger partial charge in [-0.25, -0.2) is 18.4 Å². The van der Waals surface area contributed by atoms with Gasteiger partial charge in [0.1, 0.15) is 4.90 Å². The normalized spacial score (nSPS) is 11.4. The second-order valence-corrected chi connectivity index (χ2v) is 4.88. The summed E-state index contributed by atoms with van der Waals surface area (Å²) in [5, 5.41) is 13.6. The number of aromatic carboxylic acids is 1. The van der Waals surface area contributed by atoms with Crippen molar-refractivity contribution in [2.45, 2.75) is 11.8 Å². The number of aryl methyl sites for hydroxylation is 1. The SMILES string of the molecule is Cc1cc(Cl)c(S(N)(=O)=O)cc1C(=O)O. The van der Waals surface area contributed by atoms with Gasteiger partial charge >= 0.3 is 5.97 Å². The van der Waals surface area contributed by atoms with Gasteiger partial charge in [0, 0.05) is 0 Å². The van der Waals surface area contributed by atoms with E-state index >= 15 is 0 Å². The molecule has 0 amide bonds. The van der Waals surface area contributed by atoms with E-state index in [-0.39, 0.29) is 15.5 Å².